The van der Waals surface area contributed by atoms with E-state index in [9.17, 15) is 9.90 Å². The van der Waals surface area contributed by atoms with Crippen LogP contribution in [0.1, 0.15) is 24.3 Å². The van der Waals surface area contributed by atoms with E-state index in [4.69, 9.17) is 0 Å². The molecule has 0 aliphatic carbocycles. The zero-order valence-corrected chi connectivity index (χ0v) is 12.2. The predicted octanol–water partition coefficient (Wildman–Crippen LogP) is 1.72. The summed E-state index contributed by atoms with van der Waals surface area (Å²) in [7, 11) is 0. The average Bonchev–Trinajstić information content (AvgIpc) is 2.93. The number of carbonyl (C=O) groups excluding carboxylic acids is 1. The SMILES string of the molecule is CC(C)C1(O)CN(C(=O)c2ccn(-c3ccccc3)n2)C1. The molecule has 0 spiro atoms. The fourth-order valence-corrected chi connectivity index (χ4v) is 2.45. The molecule has 0 radical (unpaired) electrons. The Kier molecular flexibility index (Phi) is 3.29. The molecule has 1 aromatic carbocycles. The van der Waals surface area contributed by atoms with Crippen molar-refractivity contribution in [1.29, 1.82) is 0 Å². The molecule has 0 saturated carbocycles. The van der Waals surface area contributed by atoms with E-state index in [0.717, 1.165) is 5.69 Å². The van der Waals surface area contributed by atoms with Crippen molar-refractivity contribution in [3.63, 3.8) is 0 Å². The van der Waals surface area contributed by atoms with Gasteiger partial charge in [0.2, 0.25) is 0 Å². The van der Waals surface area contributed by atoms with Gasteiger partial charge in [0.05, 0.1) is 18.8 Å². The number of carbonyl (C=O) groups is 1. The second-order valence-electron chi connectivity index (χ2n) is 5.90. The van der Waals surface area contributed by atoms with Crippen LogP contribution in [0.15, 0.2) is 42.6 Å². The number of hydrogen-bond acceptors (Lipinski definition) is 3. The first kappa shape index (κ1) is 13.8. The molecule has 5 heteroatoms. The number of nitrogens with zero attached hydrogens (tertiary/aromatic N) is 3. The summed E-state index contributed by atoms with van der Waals surface area (Å²) in [4.78, 5) is 14.0. The predicted molar refractivity (Wildman–Crippen MR) is 79.3 cm³/mol. The van der Waals surface area contributed by atoms with Gasteiger partial charge in [-0.25, -0.2) is 4.68 Å². The minimum absolute atomic E-state index is 0.130. The fraction of sp³-hybridized carbons (Fsp3) is 0.375. The molecule has 1 N–H and O–H groups in total. The summed E-state index contributed by atoms with van der Waals surface area (Å²) in [5.74, 6) is 0.0124. The number of amides is 1. The minimum atomic E-state index is -0.752. The van der Waals surface area contributed by atoms with Crippen LogP contribution in [-0.2, 0) is 0 Å². The zero-order valence-electron chi connectivity index (χ0n) is 12.2. The van der Waals surface area contributed by atoms with E-state index < -0.39 is 5.60 Å². The molecule has 1 amide bonds. The summed E-state index contributed by atoms with van der Waals surface area (Å²) in [6, 6.07) is 11.4. The topological polar surface area (TPSA) is 58.4 Å². The van der Waals surface area contributed by atoms with E-state index in [1.54, 1.807) is 21.8 Å². The molecule has 110 valence electrons. The molecular formula is C16H19N3O2. The van der Waals surface area contributed by atoms with Crippen LogP contribution in [0.2, 0.25) is 0 Å². The first-order valence-corrected chi connectivity index (χ1v) is 7.12. The van der Waals surface area contributed by atoms with Crippen molar-refractivity contribution in [1.82, 2.24) is 14.7 Å². The van der Waals surface area contributed by atoms with E-state index in [2.05, 4.69) is 5.10 Å². The lowest BCUT2D eigenvalue weighted by Gasteiger charge is -2.48. The number of aromatic nitrogens is 2. The Labute approximate surface area is 123 Å². The number of β-amino-alcohol motifs (C(OH)–C–C–N with tert-alkyl or cyclic N) is 1. The molecule has 5 nitrogen and oxygen atoms in total. The molecule has 2 heterocycles. The summed E-state index contributed by atoms with van der Waals surface area (Å²) in [5.41, 5.74) is 0.570. The molecule has 1 aliphatic rings. The maximum atomic E-state index is 12.3. The van der Waals surface area contributed by atoms with Crippen LogP contribution in [0.4, 0.5) is 0 Å². The Bertz CT molecular complexity index is 643. The maximum absolute atomic E-state index is 12.3. The van der Waals surface area contributed by atoms with Crippen molar-refractivity contribution < 1.29 is 9.90 Å². The first-order chi connectivity index (χ1) is 9.99. The first-order valence-electron chi connectivity index (χ1n) is 7.12. The highest BCUT2D eigenvalue weighted by atomic mass is 16.3. The van der Waals surface area contributed by atoms with Crippen LogP contribution in [0.25, 0.3) is 5.69 Å². The molecule has 1 aliphatic heterocycles. The summed E-state index contributed by atoms with van der Waals surface area (Å²) in [6.45, 7) is 4.68. The molecular weight excluding hydrogens is 266 g/mol. The van der Waals surface area contributed by atoms with E-state index in [1.165, 1.54) is 0 Å². The van der Waals surface area contributed by atoms with Gasteiger partial charge in [-0.1, -0.05) is 32.0 Å². The van der Waals surface area contributed by atoms with Gasteiger partial charge >= 0.3 is 0 Å². The van der Waals surface area contributed by atoms with Crippen LogP contribution in [0, 0.1) is 5.92 Å². The third kappa shape index (κ3) is 2.45. The zero-order chi connectivity index (χ0) is 15.0. The van der Waals surface area contributed by atoms with Gasteiger partial charge in [0.15, 0.2) is 5.69 Å². The molecule has 21 heavy (non-hydrogen) atoms. The smallest absolute Gasteiger partial charge is 0.274 e. The largest absolute Gasteiger partial charge is 0.386 e. The minimum Gasteiger partial charge on any atom is -0.386 e. The number of benzene rings is 1. The van der Waals surface area contributed by atoms with E-state index in [0.29, 0.717) is 18.8 Å². The Morgan fingerprint density at radius 1 is 1.24 bits per heavy atom. The fourth-order valence-electron chi connectivity index (χ4n) is 2.45. The van der Waals surface area contributed by atoms with E-state index >= 15 is 0 Å². The number of rotatable bonds is 3. The van der Waals surface area contributed by atoms with E-state index in [-0.39, 0.29) is 11.8 Å². The number of para-hydroxylation sites is 1. The van der Waals surface area contributed by atoms with Gasteiger partial charge in [-0.2, -0.15) is 5.10 Å². The second-order valence-corrected chi connectivity index (χ2v) is 5.90. The third-order valence-corrected chi connectivity index (χ3v) is 4.12. The standard InChI is InChI=1S/C16H19N3O2/c1-12(2)16(21)10-18(11-16)15(20)14-8-9-19(17-14)13-6-4-3-5-7-13/h3-9,12,21H,10-11H2,1-2H3. The highest BCUT2D eigenvalue weighted by Crippen LogP contribution is 2.29. The summed E-state index contributed by atoms with van der Waals surface area (Å²) in [6.07, 6.45) is 1.77. The lowest BCUT2D eigenvalue weighted by Crippen LogP contribution is -2.66. The van der Waals surface area contributed by atoms with Crippen molar-refractivity contribution in [2.75, 3.05) is 13.1 Å². The lowest BCUT2D eigenvalue weighted by atomic mass is 9.83. The molecule has 1 saturated heterocycles. The quantitative estimate of drug-likeness (QED) is 0.934. The monoisotopic (exact) mass is 285 g/mol. The highest BCUT2D eigenvalue weighted by molar-refractivity contribution is 5.93. The van der Waals surface area contributed by atoms with Crippen LogP contribution in [-0.4, -0.2) is 44.4 Å². The van der Waals surface area contributed by atoms with Gasteiger partial charge in [0.1, 0.15) is 5.60 Å². The van der Waals surface area contributed by atoms with Crippen LogP contribution in [0.3, 0.4) is 0 Å². The van der Waals surface area contributed by atoms with Crippen molar-refractivity contribution in [3.05, 3.63) is 48.3 Å². The van der Waals surface area contributed by atoms with Crippen LogP contribution >= 0.6 is 0 Å². The second kappa shape index (κ2) is 5.00. The van der Waals surface area contributed by atoms with Crippen molar-refractivity contribution in [2.45, 2.75) is 19.4 Å². The Morgan fingerprint density at radius 2 is 1.90 bits per heavy atom. The molecule has 1 aromatic heterocycles. The number of hydrogen-bond donors (Lipinski definition) is 1. The normalized spacial score (nSPS) is 16.9. The van der Waals surface area contributed by atoms with Crippen molar-refractivity contribution in [2.24, 2.45) is 5.92 Å². The summed E-state index contributed by atoms with van der Waals surface area (Å²) >= 11 is 0. The van der Waals surface area contributed by atoms with Gasteiger partial charge in [0, 0.05) is 6.20 Å². The molecule has 0 atom stereocenters. The average molecular weight is 285 g/mol. The Morgan fingerprint density at radius 3 is 2.52 bits per heavy atom. The third-order valence-electron chi connectivity index (χ3n) is 4.12. The Hall–Kier alpha value is -2.14. The van der Waals surface area contributed by atoms with Crippen LogP contribution < -0.4 is 0 Å². The highest BCUT2D eigenvalue weighted by Gasteiger charge is 2.46. The van der Waals surface area contributed by atoms with Gasteiger partial charge in [-0.15, -0.1) is 0 Å². The van der Waals surface area contributed by atoms with Gasteiger partial charge in [0.25, 0.3) is 5.91 Å². The van der Waals surface area contributed by atoms with Crippen LogP contribution in [0.5, 0.6) is 0 Å². The lowest BCUT2D eigenvalue weighted by molar-refractivity contribution is -0.111. The van der Waals surface area contributed by atoms with Gasteiger partial charge < -0.3 is 10.0 Å². The van der Waals surface area contributed by atoms with E-state index in [1.807, 2.05) is 44.2 Å². The molecule has 0 unspecified atom stereocenters. The number of aliphatic hydroxyl groups is 1. The molecule has 3 rings (SSSR count). The molecule has 0 bridgehead atoms. The van der Waals surface area contributed by atoms with Crippen molar-refractivity contribution >= 4 is 5.91 Å². The summed E-state index contributed by atoms with van der Waals surface area (Å²) < 4.78 is 1.68. The molecule has 2 aromatic rings. The van der Waals surface area contributed by atoms with Gasteiger partial charge in [-0.3, -0.25) is 4.79 Å². The summed E-state index contributed by atoms with van der Waals surface area (Å²) in [5, 5.41) is 14.5. The van der Waals surface area contributed by atoms with Gasteiger partial charge in [-0.05, 0) is 24.1 Å². The molecule has 1 fully saturated rings. The Balaban J connectivity index is 1.72. The maximum Gasteiger partial charge on any atom is 0.274 e. The number of likely N-dealkylation sites (tertiary alicyclic amines) is 1. The van der Waals surface area contributed by atoms with Crippen molar-refractivity contribution in [3.8, 4) is 5.69 Å².